The Morgan fingerprint density at radius 1 is 0.950 bits per heavy atom. The molecule has 20 heavy (non-hydrogen) atoms. The van der Waals surface area contributed by atoms with Crippen molar-refractivity contribution in [1.82, 2.24) is 0 Å². The minimum atomic E-state index is 0.747. The van der Waals surface area contributed by atoms with Crippen LogP contribution in [-0.2, 0) is 0 Å². The van der Waals surface area contributed by atoms with Crippen LogP contribution in [0.3, 0.4) is 0 Å². The molecule has 0 spiro atoms. The molecule has 3 rings (SSSR count). The van der Waals surface area contributed by atoms with E-state index in [-0.39, 0.29) is 0 Å². The molecule has 1 saturated carbocycles. The molecule has 0 N–H and O–H groups in total. The zero-order chi connectivity index (χ0) is 14.1. The van der Waals surface area contributed by atoms with Gasteiger partial charge < -0.3 is 0 Å². The molecule has 2 atom stereocenters. The molecule has 105 valence electrons. The zero-order valence-corrected chi connectivity index (χ0v) is 12.9. The number of fused-ring (bicyclic) bond motifs is 1. The fraction of sp³-hybridized carbons (Fsp3) is 0.450. The Morgan fingerprint density at radius 3 is 2.50 bits per heavy atom. The molecule has 0 heteroatoms. The summed E-state index contributed by atoms with van der Waals surface area (Å²) in [5, 5.41) is 2.81. The van der Waals surface area contributed by atoms with Crippen molar-refractivity contribution < 1.29 is 0 Å². The number of rotatable bonds is 2. The molecule has 0 bridgehead atoms. The van der Waals surface area contributed by atoms with Crippen LogP contribution in [0.15, 0.2) is 42.5 Å². The van der Waals surface area contributed by atoms with Gasteiger partial charge in [0.15, 0.2) is 0 Å². The van der Waals surface area contributed by atoms with E-state index < -0.39 is 0 Å². The maximum Gasteiger partial charge on any atom is 0.00922 e. The molecule has 0 amide bonds. The van der Waals surface area contributed by atoms with Gasteiger partial charge in [0.05, 0.1) is 0 Å². The monoisotopic (exact) mass is 265 g/mol. The standard InChI is InChI=1S/C20H25/c1-14(2)17-12-11-15(3)13-20(17)19-10-6-8-16-7-4-5-9-18(16)19/h4-10,14-15,17H,11-13H2,1-3H3. The lowest BCUT2D eigenvalue weighted by Gasteiger charge is -2.37. The zero-order valence-electron chi connectivity index (χ0n) is 12.9. The average molecular weight is 265 g/mol. The van der Waals surface area contributed by atoms with Gasteiger partial charge in [-0.05, 0) is 46.9 Å². The van der Waals surface area contributed by atoms with Crippen LogP contribution < -0.4 is 0 Å². The molecule has 1 aliphatic rings. The van der Waals surface area contributed by atoms with Gasteiger partial charge in [0.25, 0.3) is 0 Å². The van der Waals surface area contributed by atoms with Gasteiger partial charge in [0, 0.05) is 5.92 Å². The molecule has 0 aliphatic heterocycles. The lowest BCUT2D eigenvalue weighted by molar-refractivity contribution is 0.274. The van der Waals surface area contributed by atoms with Gasteiger partial charge in [0.2, 0.25) is 0 Å². The Bertz CT molecular complexity index is 576. The van der Waals surface area contributed by atoms with Crippen molar-refractivity contribution in [2.75, 3.05) is 0 Å². The molecule has 1 aliphatic carbocycles. The van der Waals surface area contributed by atoms with Crippen LogP contribution in [0.1, 0.15) is 45.6 Å². The molecule has 2 aromatic rings. The number of benzene rings is 2. The molecule has 2 aromatic carbocycles. The van der Waals surface area contributed by atoms with E-state index in [1.807, 2.05) is 0 Å². The molecule has 1 fully saturated rings. The summed E-state index contributed by atoms with van der Waals surface area (Å²) in [5.74, 6) is 4.04. The van der Waals surface area contributed by atoms with E-state index in [1.54, 1.807) is 5.92 Å². The molecule has 1 radical (unpaired) electrons. The van der Waals surface area contributed by atoms with Crippen LogP contribution in [-0.4, -0.2) is 0 Å². The third kappa shape index (κ3) is 2.49. The molecule has 0 heterocycles. The highest BCUT2D eigenvalue weighted by Gasteiger charge is 2.32. The highest BCUT2D eigenvalue weighted by Crippen LogP contribution is 2.44. The molecule has 0 aromatic heterocycles. The van der Waals surface area contributed by atoms with Gasteiger partial charge in [-0.25, -0.2) is 0 Å². The third-order valence-corrected chi connectivity index (χ3v) is 4.93. The quantitative estimate of drug-likeness (QED) is 0.638. The minimum absolute atomic E-state index is 0.747. The van der Waals surface area contributed by atoms with E-state index in [2.05, 4.69) is 63.2 Å². The first-order valence-corrected chi connectivity index (χ1v) is 8.00. The topological polar surface area (TPSA) is 0 Å². The molecular weight excluding hydrogens is 240 g/mol. The average Bonchev–Trinajstić information content (AvgIpc) is 2.46. The maximum atomic E-state index is 2.40. The van der Waals surface area contributed by atoms with Crippen LogP contribution in [0.5, 0.6) is 0 Å². The van der Waals surface area contributed by atoms with Gasteiger partial charge in [-0.15, -0.1) is 0 Å². The minimum Gasteiger partial charge on any atom is -0.0625 e. The normalized spacial score (nSPS) is 24.4. The van der Waals surface area contributed by atoms with E-state index in [4.69, 9.17) is 0 Å². The Kier molecular flexibility index (Phi) is 3.83. The Balaban J connectivity index is 2.07. The first-order valence-electron chi connectivity index (χ1n) is 8.00. The highest BCUT2D eigenvalue weighted by molar-refractivity contribution is 5.87. The molecule has 0 saturated heterocycles. The summed E-state index contributed by atoms with van der Waals surface area (Å²) in [6.07, 6.45) is 4.02. The van der Waals surface area contributed by atoms with Crippen molar-refractivity contribution in [2.24, 2.45) is 17.8 Å². The Hall–Kier alpha value is -1.30. The summed E-state index contributed by atoms with van der Waals surface area (Å²) < 4.78 is 0. The van der Waals surface area contributed by atoms with Gasteiger partial charge >= 0.3 is 0 Å². The van der Waals surface area contributed by atoms with E-state index in [0.29, 0.717) is 0 Å². The van der Waals surface area contributed by atoms with E-state index in [0.717, 1.165) is 17.8 Å². The molecular formula is C20H25. The van der Waals surface area contributed by atoms with Gasteiger partial charge in [0.1, 0.15) is 0 Å². The predicted molar refractivity (Wildman–Crippen MR) is 87.6 cm³/mol. The van der Waals surface area contributed by atoms with Crippen molar-refractivity contribution in [1.29, 1.82) is 0 Å². The van der Waals surface area contributed by atoms with E-state index in [1.165, 1.54) is 35.6 Å². The second-order valence-corrected chi connectivity index (χ2v) is 6.79. The molecule has 0 nitrogen and oxygen atoms in total. The smallest absolute Gasteiger partial charge is 0.00922 e. The second-order valence-electron chi connectivity index (χ2n) is 6.79. The Labute approximate surface area is 123 Å². The van der Waals surface area contributed by atoms with Gasteiger partial charge in [-0.2, -0.15) is 0 Å². The third-order valence-electron chi connectivity index (χ3n) is 4.93. The fourth-order valence-corrected chi connectivity index (χ4v) is 3.82. The molecule has 2 unspecified atom stereocenters. The van der Waals surface area contributed by atoms with Crippen LogP contribution in [0.25, 0.3) is 10.8 Å². The fourth-order valence-electron chi connectivity index (χ4n) is 3.82. The summed E-state index contributed by atoms with van der Waals surface area (Å²) in [6, 6.07) is 15.6. The van der Waals surface area contributed by atoms with Crippen LogP contribution in [0.2, 0.25) is 0 Å². The lowest BCUT2D eigenvalue weighted by atomic mass is 9.67. The van der Waals surface area contributed by atoms with Crippen molar-refractivity contribution in [3.05, 3.63) is 53.9 Å². The second kappa shape index (κ2) is 5.60. The first kappa shape index (κ1) is 13.7. The van der Waals surface area contributed by atoms with Crippen LogP contribution in [0.4, 0.5) is 0 Å². The van der Waals surface area contributed by atoms with Gasteiger partial charge in [-0.1, -0.05) is 69.7 Å². The van der Waals surface area contributed by atoms with E-state index >= 15 is 0 Å². The summed E-state index contributed by atoms with van der Waals surface area (Å²) >= 11 is 0. The van der Waals surface area contributed by atoms with Crippen LogP contribution in [0, 0.1) is 23.7 Å². The number of hydrogen-bond donors (Lipinski definition) is 0. The maximum absolute atomic E-state index is 2.40. The van der Waals surface area contributed by atoms with Gasteiger partial charge in [-0.3, -0.25) is 0 Å². The van der Waals surface area contributed by atoms with Crippen molar-refractivity contribution in [2.45, 2.75) is 40.0 Å². The van der Waals surface area contributed by atoms with E-state index in [9.17, 15) is 0 Å². The predicted octanol–water partition coefficient (Wildman–Crippen LogP) is 5.85. The van der Waals surface area contributed by atoms with Crippen molar-refractivity contribution >= 4 is 10.8 Å². The Morgan fingerprint density at radius 2 is 1.70 bits per heavy atom. The summed E-state index contributed by atoms with van der Waals surface area (Å²) in [6.45, 7) is 7.17. The number of hydrogen-bond acceptors (Lipinski definition) is 0. The lowest BCUT2D eigenvalue weighted by Crippen LogP contribution is -2.26. The summed E-state index contributed by atoms with van der Waals surface area (Å²) in [7, 11) is 0. The van der Waals surface area contributed by atoms with Crippen molar-refractivity contribution in [3.8, 4) is 0 Å². The van der Waals surface area contributed by atoms with Crippen LogP contribution >= 0.6 is 0 Å². The first-order chi connectivity index (χ1) is 9.66. The van der Waals surface area contributed by atoms with Crippen molar-refractivity contribution in [3.63, 3.8) is 0 Å². The highest BCUT2D eigenvalue weighted by atomic mass is 14.4. The SMILES string of the molecule is CC1CCC(C(C)C)[C](c2cccc3ccccc23)C1. The largest absolute Gasteiger partial charge is 0.0625 e. The summed E-state index contributed by atoms with van der Waals surface area (Å²) in [5.41, 5.74) is 1.51. The summed E-state index contributed by atoms with van der Waals surface area (Å²) in [4.78, 5) is 0.